The Hall–Kier alpha value is -1.81. The van der Waals surface area contributed by atoms with Gasteiger partial charge in [0.1, 0.15) is 0 Å². The Morgan fingerprint density at radius 1 is 1.32 bits per heavy atom. The van der Waals surface area contributed by atoms with Gasteiger partial charge in [0.05, 0.1) is 17.4 Å². The van der Waals surface area contributed by atoms with Crippen LogP contribution in [0, 0.1) is 24.2 Å². The summed E-state index contributed by atoms with van der Waals surface area (Å²) in [4.78, 5) is 19.7. The molecule has 0 radical (unpaired) electrons. The van der Waals surface area contributed by atoms with E-state index in [1.807, 2.05) is 47.5 Å². The number of thioether (sulfide) groups is 1. The van der Waals surface area contributed by atoms with E-state index >= 15 is 0 Å². The molecular weight excluding hydrogens is 386 g/mol. The molecule has 6 heteroatoms. The highest BCUT2D eigenvalue weighted by atomic mass is 32.2. The molecule has 1 saturated heterocycles. The number of carbonyl (C=O) groups excluding carboxylic acids is 1. The van der Waals surface area contributed by atoms with E-state index in [0.29, 0.717) is 17.2 Å². The van der Waals surface area contributed by atoms with Gasteiger partial charge in [0.15, 0.2) is 0 Å². The third-order valence-electron chi connectivity index (χ3n) is 5.08. The molecule has 1 atom stereocenters. The van der Waals surface area contributed by atoms with Crippen LogP contribution in [0.25, 0.3) is 0 Å². The van der Waals surface area contributed by atoms with Crippen molar-refractivity contribution in [2.45, 2.75) is 25.6 Å². The molecule has 1 aliphatic rings. The number of hydrogen-bond donors (Lipinski definition) is 0. The Bertz CT molecular complexity index is 825. The van der Waals surface area contributed by atoms with Gasteiger partial charge < -0.3 is 4.90 Å². The highest BCUT2D eigenvalue weighted by Crippen LogP contribution is 2.23. The first-order valence-corrected chi connectivity index (χ1v) is 11.6. The lowest BCUT2D eigenvalue weighted by Crippen LogP contribution is -2.34. The molecule has 1 fully saturated rings. The SMILES string of the molecule is Cc1ccc(CN2CC[C@@H](CN(C)C(=O)CSCc3ccc(C#N)cc3)C2)s1. The van der Waals surface area contributed by atoms with Crippen LogP contribution < -0.4 is 0 Å². The molecular formula is C22H27N3OS2. The lowest BCUT2D eigenvalue weighted by molar-refractivity contribution is -0.127. The molecule has 0 spiro atoms. The summed E-state index contributed by atoms with van der Waals surface area (Å²) in [5.41, 5.74) is 1.82. The Labute approximate surface area is 176 Å². The van der Waals surface area contributed by atoms with Crippen LogP contribution in [-0.2, 0) is 17.1 Å². The second-order valence-corrected chi connectivity index (χ2v) is 9.84. The topological polar surface area (TPSA) is 47.3 Å². The van der Waals surface area contributed by atoms with Gasteiger partial charge >= 0.3 is 0 Å². The van der Waals surface area contributed by atoms with Gasteiger partial charge in [-0.15, -0.1) is 23.1 Å². The van der Waals surface area contributed by atoms with Crippen molar-refractivity contribution < 1.29 is 4.79 Å². The van der Waals surface area contributed by atoms with Crippen LogP contribution in [0.2, 0.25) is 0 Å². The summed E-state index contributed by atoms with van der Waals surface area (Å²) in [5, 5.41) is 8.84. The van der Waals surface area contributed by atoms with Crippen LogP contribution in [0.4, 0.5) is 0 Å². The molecule has 1 aromatic carbocycles. The molecule has 0 bridgehead atoms. The van der Waals surface area contributed by atoms with Gasteiger partial charge in [-0.3, -0.25) is 9.69 Å². The van der Waals surface area contributed by atoms with E-state index in [0.717, 1.165) is 37.5 Å². The number of nitriles is 1. The highest BCUT2D eigenvalue weighted by Gasteiger charge is 2.25. The maximum atomic E-state index is 12.4. The minimum Gasteiger partial charge on any atom is -0.345 e. The number of hydrogen-bond acceptors (Lipinski definition) is 5. The summed E-state index contributed by atoms with van der Waals surface area (Å²) in [6, 6.07) is 14.1. The molecule has 0 unspecified atom stereocenters. The van der Waals surface area contributed by atoms with E-state index in [1.165, 1.54) is 16.2 Å². The van der Waals surface area contributed by atoms with Crippen LogP contribution in [0.5, 0.6) is 0 Å². The summed E-state index contributed by atoms with van der Waals surface area (Å²) in [6.07, 6.45) is 1.17. The molecule has 0 aliphatic carbocycles. The molecule has 2 aromatic rings. The lowest BCUT2D eigenvalue weighted by atomic mass is 10.1. The maximum absolute atomic E-state index is 12.4. The molecule has 0 saturated carbocycles. The third-order valence-corrected chi connectivity index (χ3v) is 7.05. The van der Waals surface area contributed by atoms with Crippen LogP contribution in [0.3, 0.4) is 0 Å². The minimum absolute atomic E-state index is 0.200. The summed E-state index contributed by atoms with van der Waals surface area (Å²) < 4.78 is 0. The Balaban J connectivity index is 1.36. The van der Waals surface area contributed by atoms with Gasteiger partial charge in [0, 0.05) is 42.2 Å². The Morgan fingerprint density at radius 3 is 2.79 bits per heavy atom. The maximum Gasteiger partial charge on any atom is 0.232 e. The van der Waals surface area contributed by atoms with E-state index in [4.69, 9.17) is 5.26 Å². The fraction of sp³-hybridized carbons (Fsp3) is 0.455. The second-order valence-electron chi connectivity index (χ2n) is 7.48. The van der Waals surface area contributed by atoms with E-state index in [9.17, 15) is 4.79 Å². The van der Waals surface area contributed by atoms with E-state index < -0.39 is 0 Å². The van der Waals surface area contributed by atoms with E-state index in [2.05, 4.69) is 30.0 Å². The normalized spacial score (nSPS) is 16.8. The Kier molecular flexibility index (Phi) is 7.55. The number of thiophene rings is 1. The zero-order valence-corrected chi connectivity index (χ0v) is 18.2. The van der Waals surface area contributed by atoms with Crippen molar-refractivity contribution in [2.24, 2.45) is 5.92 Å². The van der Waals surface area contributed by atoms with Crippen LogP contribution in [-0.4, -0.2) is 48.1 Å². The van der Waals surface area contributed by atoms with Gasteiger partial charge in [0.2, 0.25) is 5.91 Å². The number of likely N-dealkylation sites (tertiary alicyclic amines) is 1. The third kappa shape index (κ3) is 6.10. The first-order chi connectivity index (χ1) is 13.5. The number of benzene rings is 1. The number of nitrogens with zero attached hydrogens (tertiary/aromatic N) is 3. The van der Waals surface area contributed by atoms with Crippen LogP contribution in [0.15, 0.2) is 36.4 Å². The number of rotatable bonds is 8. The minimum atomic E-state index is 0.200. The van der Waals surface area contributed by atoms with Crippen molar-refractivity contribution in [3.8, 4) is 6.07 Å². The Morgan fingerprint density at radius 2 is 2.11 bits per heavy atom. The van der Waals surface area contributed by atoms with Gasteiger partial charge in [-0.25, -0.2) is 0 Å². The van der Waals surface area contributed by atoms with Crippen LogP contribution >= 0.6 is 23.1 Å². The molecule has 148 valence electrons. The van der Waals surface area contributed by atoms with Gasteiger partial charge in [-0.2, -0.15) is 5.26 Å². The summed E-state index contributed by atoms with van der Waals surface area (Å²) in [7, 11) is 1.93. The van der Waals surface area contributed by atoms with E-state index in [1.54, 1.807) is 11.8 Å². The van der Waals surface area contributed by atoms with Crippen molar-refractivity contribution in [1.82, 2.24) is 9.80 Å². The smallest absolute Gasteiger partial charge is 0.232 e. The first kappa shape index (κ1) is 20.9. The molecule has 0 N–H and O–H groups in total. The standard InChI is InChI=1S/C22H27N3OS2/c1-17-3-8-21(28-17)14-25-10-9-20(13-25)12-24(2)22(26)16-27-15-19-6-4-18(11-23)5-7-19/h3-8,20H,9-10,12-16H2,1-2H3/t20-/m0/s1. The van der Waals surface area contributed by atoms with E-state index in [-0.39, 0.29) is 5.91 Å². The van der Waals surface area contributed by atoms with Crippen molar-refractivity contribution >= 4 is 29.0 Å². The molecule has 1 aliphatic heterocycles. The predicted molar refractivity (Wildman–Crippen MR) is 117 cm³/mol. The van der Waals surface area contributed by atoms with Crippen molar-refractivity contribution in [3.05, 3.63) is 57.3 Å². The molecule has 2 heterocycles. The quantitative estimate of drug-likeness (QED) is 0.652. The highest BCUT2D eigenvalue weighted by molar-refractivity contribution is 7.99. The molecule has 4 nitrogen and oxygen atoms in total. The van der Waals surface area contributed by atoms with Gasteiger partial charge in [-0.05, 0) is 55.6 Å². The average molecular weight is 414 g/mol. The average Bonchev–Trinajstić information content (AvgIpc) is 3.31. The zero-order valence-electron chi connectivity index (χ0n) is 16.6. The zero-order chi connectivity index (χ0) is 19.9. The lowest BCUT2D eigenvalue weighted by Gasteiger charge is -2.21. The largest absolute Gasteiger partial charge is 0.345 e. The number of aryl methyl sites for hydroxylation is 1. The van der Waals surface area contributed by atoms with Gasteiger partial charge in [0.25, 0.3) is 0 Å². The van der Waals surface area contributed by atoms with Crippen molar-refractivity contribution in [3.63, 3.8) is 0 Å². The van der Waals surface area contributed by atoms with Crippen molar-refractivity contribution in [2.75, 3.05) is 32.4 Å². The van der Waals surface area contributed by atoms with Gasteiger partial charge in [-0.1, -0.05) is 12.1 Å². The second kappa shape index (κ2) is 10.1. The molecule has 28 heavy (non-hydrogen) atoms. The fourth-order valence-electron chi connectivity index (χ4n) is 3.53. The predicted octanol–water partition coefficient (Wildman–Crippen LogP) is 4.14. The summed E-state index contributed by atoms with van der Waals surface area (Å²) in [5.74, 6) is 2.06. The number of amides is 1. The molecule has 3 rings (SSSR count). The van der Waals surface area contributed by atoms with Crippen molar-refractivity contribution in [1.29, 1.82) is 5.26 Å². The fourth-order valence-corrected chi connectivity index (χ4v) is 5.39. The summed E-state index contributed by atoms with van der Waals surface area (Å²) in [6.45, 7) is 6.23. The first-order valence-electron chi connectivity index (χ1n) is 9.62. The van der Waals surface area contributed by atoms with Crippen LogP contribution in [0.1, 0.15) is 27.3 Å². The summed E-state index contributed by atoms with van der Waals surface area (Å²) >= 11 is 3.51. The molecule has 1 aromatic heterocycles. The number of carbonyl (C=O) groups is 1. The molecule has 1 amide bonds. The monoisotopic (exact) mass is 413 g/mol.